The van der Waals surface area contributed by atoms with Crippen LogP contribution in [0.5, 0.6) is 0 Å². The summed E-state index contributed by atoms with van der Waals surface area (Å²) >= 11 is 0. The van der Waals surface area contributed by atoms with Gasteiger partial charge in [-0.3, -0.25) is 4.79 Å². The van der Waals surface area contributed by atoms with Gasteiger partial charge < -0.3 is 4.90 Å². The van der Waals surface area contributed by atoms with Crippen molar-refractivity contribution in [2.45, 2.75) is 20.3 Å². The normalized spacial score (nSPS) is 11.4. The lowest BCUT2D eigenvalue weighted by atomic mass is 10.5. The highest BCUT2D eigenvalue weighted by Gasteiger charge is 2.12. The molecule has 0 radical (unpaired) electrons. The molecule has 0 aliphatic rings. The summed E-state index contributed by atoms with van der Waals surface area (Å²) in [5, 5.41) is 0. The van der Waals surface area contributed by atoms with E-state index < -0.39 is 10.0 Å². The molecular formula is C8H18N2O3S. The minimum absolute atomic E-state index is 0.0656. The molecule has 0 spiro atoms. The van der Waals surface area contributed by atoms with Gasteiger partial charge in [-0.2, -0.15) is 0 Å². The number of nitrogens with one attached hydrogen (secondary N) is 1. The van der Waals surface area contributed by atoms with Gasteiger partial charge >= 0.3 is 0 Å². The highest BCUT2D eigenvalue weighted by Crippen LogP contribution is 1.89. The Kier molecular flexibility index (Phi) is 5.71. The quantitative estimate of drug-likeness (QED) is 0.676. The van der Waals surface area contributed by atoms with E-state index in [1.807, 2.05) is 6.92 Å². The fraction of sp³-hybridized carbons (Fsp3) is 0.875. The summed E-state index contributed by atoms with van der Waals surface area (Å²) in [5.41, 5.74) is 0. The van der Waals surface area contributed by atoms with E-state index in [2.05, 4.69) is 4.72 Å². The topological polar surface area (TPSA) is 66.5 Å². The number of sulfonamides is 1. The third-order valence-corrected chi connectivity index (χ3v) is 3.35. The standard InChI is InChI=1S/C8H18N2O3S/c1-4-6-14(12,13)9-7-8(11)10(3)5-2/h9H,4-7H2,1-3H3. The molecule has 0 saturated carbocycles. The van der Waals surface area contributed by atoms with Crippen LogP contribution in [-0.2, 0) is 14.8 Å². The van der Waals surface area contributed by atoms with Crippen molar-refractivity contribution in [3.8, 4) is 0 Å². The molecule has 0 aromatic rings. The Morgan fingerprint density at radius 1 is 1.36 bits per heavy atom. The van der Waals surface area contributed by atoms with Gasteiger partial charge in [0.05, 0.1) is 12.3 Å². The van der Waals surface area contributed by atoms with Crippen molar-refractivity contribution in [2.24, 2.45) is 0 Å². The van der Waals surface area contributed by atoms with Crippen LogP contribution in [0, 0.1) is 0 Å². The van der Waals surface area contributed by atoms with E-state index in [9.17, 15) is 13.2 Å². The average Bonchev–Trinajstić information content (AvgIpc) is 2.13. The van der Waals surface area contributed by atoms with Crippen molar-refractivity contribution in [3.05, 3.63) is 0 Å². The smallest absolute Gasteiger partial charge is 0.237 e. The number of hydrogen-bond acceptors (Lipinski definition) is 3. The van der Waals surface area contributed by atoms with E-state index >= 15 is 0 Å². The van der Waals surface area contributed by atoms with Gasteiger partial charge in [0.2, 0.25) is 15.9 Å². The van der Waals surface area contributed by atoms with E-state index in [0.29, 0.717) is 13.0 Å². The molecule has 5 nitrogen and oxygen atoms in total. The van der Waals surface area contributed by atoms with Gasteiger partial charge in [0.1, 0.15) is 0 Å². The van der Waals surface area contributed by atoms with E-state index in [1.165, 1.54) is 4.90 Å². The fourth-order valence-electron chi connectivity index (χ4n) is 0.824. The second-order valence-corrected chi connectivity index (χ2v) is 4.97. The van der Waals surface area contributed by atoms with E-state index in [1.54, 1.807) is 14.0 Å². The third kappa shape index (κ3) is 5.18. The predicted octanol–water partition coefficient (Wildman–Crippen LogP) is -0.206. The van der Waals surface area contributed by atoms with E-state index in [4.69, 9.17) is 0 Å². The van der Waals surface area contributed by atoms with E-state index in [-0.39, 0.29) is 18.2 Å². The largest absolute Gasteiger partial charge is 0.345 e. The molecule has 0 fully saturated rings. The van der Waals surface area contributed by atoms with Crippen molar-refractivity contribution in [3.63, 3.8) is 0 Å². The highest BCUT2D eigenvalue weighted by molar-refractivity contribution is 7.89. The summed E-state index contributed by atoms with van der Waals surface area (Å²) in [6.45, 7) is 4.04. The Hall–Kier alpha value is -0.620. The van der Waals surface area contributed by atoms with Gasteiger partial charge in [0.25, 0.3) is 0 Å². The van der Waals surface area contributed by atoms with Gasteiger partial charge in [-0.05, 0) is 13.3 Å². The van der Waals surface area contributed by atoms with E-state index in [0.717, 1.165) is 0 Å². The first-order valence-electron chi connectivity index (χ1n) is 4.64. The molecule has 0 aromatic carbocycles. The first-order valence-corrected chi connectivity index (χ1v) is 6.29. The maximum atomic E-state index is 11.2. The van der Waals surface area contributed by atoms with Crippen molar-refractivity contribution in [2.75, 3.05) is 25.9 Å². The Morgan fingerprint density at radius 2 is 1.93 bits per heavy atom. The average molecular weight is 222 g/mol. The number of nitrogens with zero attached hydrogens (tertiary/aromatic N) is 1. The van der Waals surface area contributed by atoms with Gasteiger partial charge in [0, 0.05) is 13.6 Å². The molecule has 0 heterocycles. The molecule has 0 bridgehead atoms. The summed E-state index contributed by atoms with van der Waals surface area (Å²) in [7, 11) is -1.63. The molecule has 0 aliphatic carbocycles. The highest BCUT2D eigenvalue weighted by atomic mass is 32.2. The minimum atomic E-state index is -3.27. The molecule has 0 aliphatic heterocycles. The molecule has 0 saturated heterocycles. The Morgan fingerprint density at radius 3 is 2.36 bits per heavy atom. The number of hydrogen-bond donors (Lipinski definition) is 1. The number of carbonyl (C=O) groups excluding carboxylic acids is 1. The maximum Gasteiger partial charge on any atom is 0.237 e. The van der Waals surface area contributed by atoms with Crippen molar-refractivity contribution >= 4 is 15.9 Å². The second-order valence-electron chi connectivity index (χ2n) is 3.05. The van der Waals surface area contributed by atoms with Crippen LogP contribution in [0.2, 0.25) is 0 Å². The zero-order valence-electron chi connectivity index (χ0n) is 8.91. The van der Waals surface area contributed by atoms with Gasteiger partial charge in [-0.15, -0.1) is 0 Å². The van der Waals surface area contributed by atoms with Crippen LogP contribution in [-0.4, -0.2) is 45.1 Å². The lowest BCUT2D eigenvalue weighted by molar-refractivity contribution is -0.128. The molecule has 0 rings (SSSR count). The lowest BCUT2D eigenvalue weighted by Gasteiger charge is -2.14. The summed E-state index contributed by atoms with van der Waals surface area (Å²) in [5.74, 6) is -0.150. The van der Waals surface area contributed by atoms with Crippen LogP contribution in [0.3, 0.4) is 0 Å². The Labute approximate surface area is 85.5 Å². The SMILES string of the molecule is CCCS(=O)(=O)NCC(=O)N(C)CC. The van der Waals surface area contributed by atoms with Gasteiger partial charge in [0.15, 0.2) is 0 Å². The van der Waals surface area contributed by atoms with Gasteiger partial charge in [-0.1, -0.05) is 6.92 Å². The van der Waals surface area contributed by atoms with Crippen molar-refractivity contribution in [1.29, 1.82) is 0 Å². The van der Waals surface area contributed by atoms with Crippen LogP contribution in [0.25, 0.3) is 0 Å². The summed E-state index contributed by atoms with van der Waals surface area (Å²) in [6, 6.07) is 0. The zero-order valence-corrected chi connectivity index (χ0v) is 9.73. The molecule has 84 valence electrons. The second kappa shape index (κ2) is 5.98. The zero-order chi connectivity index (χ0) is 11.2. The monoisotopic (exact) mass is 222 g/mol. The van der Waals surface area contributed by atoms with Crippen LogP contribution in [0.15, 0.2) is 0 Å². The summed E-state index contributed by atoms with van der Waals surface area (Å²) in [4.78, 5) is 12.7. The Balaban J connectivity index is 4.00. The van der Waals surface area contributed by atoms with Crippen LogP contribution in [0.4, 0.5) is 0 Å². The first kappa shape index (κ1) is 13.4. The third-order valence-electron chi connectivity index (χ3n) is 1.82. The summed E-state index contributed by atoms with van der Waals surface area (Å²) in [6.07, 6.45) is 0.549. The van der Waals surface area contributed by atoms with Crippen molar-refractivity contribution < 1.29 is 13.2 Å². The maximum absolute atomic E-state index is 11.2. The number of carbonyl (C=O) groups is 1. The number of rotatable bonds is 6. The molecule has 0 atom stereocenters. The molecule has 0 unspecified atom stereocenters. The molecule has 14 heavy (non-hydrogen) atoms. The minimum Gasteiger partial charge on any atom is -0.345 e. The van der Waals surface area contributed by atoms with Crippen LogP contribution in [0.1, 0.15) is 20.3 Å². The lowest BCUT2D eigenvalue weighted by Crippen LogP contribution is -2.38. The summed E-state index contributed by atoms with van der Waals surface area (Å²) < 4.78 is 24.6. The number of likely N-dealkylation sites (N-methyl/N-ethyl adjacent to an activating group) is 1. The molecule has 6 heteroatoms. The molecule has 0 aromatic heterocycles. The predicted molar refractivity (Wildman–Crippen MR) is 55.4 cm³/mol. The first-order chi connectivity index (χ1) is 6.43. The Bertz CT molecular complexity index is 274. The van der Waals surface area contributed by atoms with Crippen LogP contribution >= 0.6 is 0 Å². The van der Waals surface area contributed by atoms with Crippen molar-refractivity contribution in [1.82, 2.24) is 9.62 Å². The van der Waals surface area contributed by atoms with Crippen LogP contribution < -0.4 is 4.72 Å². The fourth-order valence-corrected chi connectivity index (χ4v) is 1.85. The number of amides is 1. The molecule has 1 N–H and O–H groups in total. The molecular weight excluding hydrogens is 204 g/mol. The molecule has 1 amide bonds. The van der Waals surface area contributed by atoms with Gasteiger partial charge in [-0.25, -0.2) is 13.1 Å².